The van der Waals surface area contributed by atoms with Crippen LogP contribution in [0.25, 0.3) is 6.08 Å². The highest BCUT2D eigenvalue weighted by atomic mass is 16.6. The van der Waals surface area contributed by atoms with Gasteiger partial charge < -0.3 is 10.6 Å². The second-order valence-electron chi connectivity index (χ2n) is 5.81. The molecule has 0 aliphatic heterocycles. The molecule has 0 heterocycles. The lowest BCUT2D eigenvalue weighted by Gasteiger charge is -2.13. The second-order valence-corrected chi connectivity index (χ2v) is 5.81. The Morgan fingerprint density at radius 3 is 2.27 bits per heavy atom. The van der Waals surface area contributed by atoms with Crippen LogP contribution in [0.3, 0.4) is 0 Å². The number of carbonyl (C=O) groups excluding carboxylic acids is 2. The molecule has 0 radical (unpaired) electrons. The van der Waals surface area contributed by atoms with Gasteiger partial charge in [-0.15, -0.1) is 0 Å². The summed E-state index contributed by atoms with van der Waals surface area (Å²) in [5.41, 5.74) is 2.76. The number of carbonyl (C=O) groups is 2. The maximum absolute atomic E-state index is 12.6. The number of non-ortho nitro benzene ring substituents is 1. The molecule has 0 atom stereocenters. The van der Waals surface area contributed by atoms with Crippen molar-refractivity contribution in [2.75, 3.05) is 5.32 Å². The quantitative estimate of drug-likeness (QED) is 0.489. The smallest absolute Gasteiger partial charge is 0.272 e. The second kappa shape index (κ2) is 8.06. The minimum absolute atomic E-state index is 0.000603. The maximum Gasteiger partial charge on any atom is 0.272 e. The number of benzene rings is 2. The van der Waals surface area contributed by atoms with Crippen molar-refractivity contribution >= 4 is 29.3 Å². The first-order valence-corrected chi connectivity index (χ1v) is 7.89. The third kappa shape index (κ3) is 4.76. The molecule has 2 aromatic rings. The Labute approximate surface area is 150 Å². The van der Waals surface area contributed by atoms with Gasteiger partial charge in [-0.25, -0.2) is 0 Å². The van der Waals surface area contributed by atoms with Gasteiger partial charge >= 0.3 is 0 Å². The van der Waals surface area contributed by atoms with Crippen molar-refractivity contribution in [2.45, 2.75) is 20.8 Å². The SMILES string of the molecule is CC(=O)NC(=Cc1cccc([N+](=O)[O-])c1)C(=O)Nc1c(C)cccc1C. The number of amides is 2. The summed E-state index contributed by atoms with van der Waals surface area (Å²) in [5, 5.41) is 16.2. The van der Waals surface area contributed by atoms with E-state index in [0.717, 1.165) is 11.1 Å². The maximum atomic E-state index is 12.6. The minimum Gasteiger partial charge on any atom is -0.322 e. The fourth-order valence-electron chi connectivity index (χ4n) is 2.44. The molecule has 2 N–H and O–H groups in total. The van der Waals surface area contributed by atoms with Crippen molar-refractivity contribution in [3.63, 3.8) is 0 Å². The van der Waals surface area contributed by atoms with Gasteiger partial charge in [0.25, 0.3) is 11.6 Å². The Morgan fingerprint density at radius 1 is 1.08 bits per heavy atom. The van der Waals surface area contributed by atoms with Crippen LogP contribution in [-0.4, -0.2) is 16.7 Å². The molecule has 0 aliphatic carbocycles. The monoisotopic (exact) mass is 353 g/mol. The lowest BCUT2D eigenvalue weighted by Crippen LogP contribution is -2.29. The summed E-state index contributed by atoms with van der Waals surface area (Å²) in [6.45, 7) is 5.02. The highest BCUT2D eigenvalue weighted by Crippen LogP contribution is 2.21. The molecule has 0 spiro atoms. The number of aryl methyl sites for hydroxylation is 2. The van der Waals surface area contributed by atoms with E-state index in [2.05, 4.69) is 10.6 Å². The number of nitrogens with one attached hydrogen (secondary N) is 2. The zero-order valence-corrected chi connectivity index (χ0v) is 14.7. The first kappa shape index (κ1) is 18.9. The molecule has 0 bridgehead atoms. The van der Waals surface area contributed by atoms with E-state index in [1.54, 1.807) is 6.07 Å². The Morgan fingerprint density at radius 2 is 1.69 bits per heavy atom. The summed E-state index contributed by atoms with van der Waals surface area (Å²) in [7, 11) is 0. The van der Waals surface area contributed by atoms with E-state index in [1.807, 2.05) is 32.0 Å². The molecule has 0 unspecified atom stereocenters. The molecule has 0 saturated carbocycles. The van der Waals surface area contributed by atoms with Gasteiger partial charge in [0.05, 0.1) is 4.92 Å². The van der Waals surface area contributed by atoms with Crippen molar-refractivity contribution in [3.05, 3.63) is 75.0 Å². The third-order valence-electron chi connectivity index (χ3n) is 3.67. The van der Waals surface area contributed by atoms with Gasteiger partial charge in [-0.05, 0) is 36.6 Å². The number of anilines is 1. The lowest BCUT2D eigenvalue weighted by atomic mass is 10.1. The standard InChI is InChI=1S/C19H19N3O4/c1-12-6-4-7-13(2)18(12)21-19(24)17(20-14(3)23)11-15-8-5-9-16(10-15)22(25)26/h4-11H,1-3H3,(H,20,23)(H,21,24). The summed E-state index contributed by atoms with van der Waals surface area (Å²) in [6.07, 6.45) is 1.40. The van der Waals surface area contributed by atoms with Gasteiger partial charge in [0, 0.05) is 24.7 Å². The van der Waals surface area contributed by atoms with E-state index in [9.17, 15) is 19.7 Å². The molecule has 0 aliphatic rings. The average molecular weight is 353 g/mol. The lowest BCUT2D eigenvalue weighted by molar-refractivity contribution is -0.384. The van der Waals surface area contributed by atoms with Crippen LogP contribution in [0.5, 0.6) is 0 Å². The van der Waals surface area contributed by atoms with E-state index >= 15 is 0 Å². The Bertz CT molecular complexity index is 883. The average Bonchev–Trinajstić information content (AvgIpc) is 2.57. The van der Waals surface area contributed by atoms with Crippen LogP contribution < -0.4 is 10.6 Å². The highest BCUT2D eigenvalue weighted by Gasteiger charge is 2.14. The number of hydrogen-bond acceptors (Lipinski definition) is 4. The van der Waals surface area contributed by atoms with Crippen LogP contribution in [0, 0.1) is 24.0 Å². The minimum atomic E-state index is -0.522. The number of nitro benzene ring substituents is 1. The number of rotatable bonds is 5. The molecule has 0 aromatic heterocycles. The Balaban J connectivity index is 2.37. The van der Waals surface area contributed by atoms with E-state index < -0.39 is 16.7 Å². The van der Waals surface area contributed by atoms with Crippen molar-refractivity contribution in [2.24, 2.45) is 0 Å². The van der Waals surface area contributed by atoms with Gasteiger partial charge in [-0.3, -0.25) is 19.7 Å². The van der Waals surface area contributed by atoms with E-state index in [4.69, 9.17) is 0 Å². The van der Waals surface area contributed by atoms with Gasteiger partial charge in [-0.2, -0.15) is 0 Å². The molecule has 26 heavy (non-hydrogen) atoms. The van der Waals surface area contributed by atoms with Crippen LogP contribution in [0.15, 0.2) is 48.2 Å². The van der Waals surface area contributed by atoms with Gasteiger partial charge in [0.1, 0.15) is 5.70 Å². The van der Waals surface area contributed by atoms with Crippen molar-refractivity contribution in [1.29, 1.82) is 0 Å². The van der Waals surface area contributed by atoms with E-state index in [-0.39, 0.29) is 11.4 Å². The fourth-order valence-corrected chi connectivity index (χ4v) is 2.44. The van der Waals surface area contributed by atoms with E-state index in [1.165, 1.54) is 31.2 Å². The molecule has 0 saturated heterocycles. The predicted molar refractivity (Wildman–Crippen MR) is 99.4 cm³/mol. The van der Waals surface area contributed by atoms with Crippen LogP contribution in [0.1, 0.15) is 23.6 Å². The topological polar surface area (TPSA) is 101 Å². The molecular weight excluding hydrogens is 334 g/mol. The predicted octanol–water partition coefficient (Wildman–Crippen LogP) is 3.33. The van der Waals surface area contributed by atoms with Crippen LogP contribution in [0.4, 0.5) is 11.4 Å². The zero-order valence-electron chi connectivity index (χ0n) is 14.7. The fraction of sp³-hybridized carbons (Fsp3) is 0.158. The normalized spacial score (nSPS) is 11.0. The first-order valence-electron chi connectivity index (χ1n) is 7.89. The largest absolute Gasteiger partial charge is 0.322 e. The molecular formula is C19H19N3O4. The number of nitro groups is 1. The van der Waals surface area contributed by atoms with Crippen LogP contribution in [-0.2, 0) is 9.59 Å². The number of para-hydroxylation sites is 1. The molecule has 7 nitrogen and oxygen atoms in total. The van der Waals surface area contributed by atoms with Gasteiger partial charge in [-0.1, -0.05) is 30.3 Å². The molecule has 2 rings (SSSR count). The van der Waals surface area contributed by atoms with Crippen LogP contribution in [0.2, 0.25) is 0 Å². The Kier molecular flexibility index (Phi) is 5.85. The summed E-state index contributed by atoms with van der Waals surface area (Å²) in [6, 6.07) is 11.4. The first-order chi connectivity index (χ1) is 12.3. The summed E-state index contributed by atoms with van der Waals surface area (Å²) >= 11 is 0. The summed E-state index contributed by atoms with van der Waals surface area (Å²) < 4.78 is 0. The molecule has 2 amide bonds. The van der Waals surface area contributed by atoms with Gasteiger partial charge in [0.2, 0.25) is 5.91 Å². The summed E-state index contributed by atoms with van der Waals surface area (Å²) in [5.74, 6) is -0.928. The summed E-state index contributed by atoms with van der Waals surface area (Å²) in [4.78, 5) is 34.5. The zero-order chi connectivity index (χ0) is 19.3. The molecule has 2 aromatic carbocycles. The molecule has 0 fully saturated rings. The van der Waals surface area contributed by atoms with Gasteiger partial charge in [0.15, 0.2) is 0 Å². The van der Waals surface area contributed by atoms with Crippen molar-refractivity contribution < 1.29 is 14.5 Å². The third-order valence-corrected chi connectivity index (χ3v) is 3.67. The molecule has 134 valence electrons. The van der Waals surface area contributed by atoms with Crippen molar-refractivity contribution in [1.82, 2.24) is 5.32 Å². The highest BCUT2D eigenvalue weighted by molar-refractivity contribution is 6.09. The molecule has 7 heteroatoms. The van der Waals surface area contributed by atoms with E-state index in [0.29, 0.717) is 11.3 Å². The van der Waals surface area contributed by atoms with Crippen LogP contribution >= 0.6 is 0 Å². The van der Waals surface area contributed by atoms with Crippen molar-refractivity contribution in [3.8, 4) is 0 Å². The number of nitrogens with zero attached hydrogens (tertiary/aromatic N) is 1. The Hall–Kier alpha value is -3.48. The number of hydrogen-bond donors (Lipinski definition) is 2.